The third-order valence-electron chi connectivity index (χ3n) is 3.01. The van der Waals surface area contributed by atoms with Crippen LogP contribution in [-0.4, -0.2) is 47.4 Å². The van der Waals surface area contributed by atoms with Crippen LogP contribution >= 0.6 is 24.0 Å². The fraction of sp³-hybridized carbons (Fsp3) is 0.438. The van der Waals surface area contributed by atoms with Crippen molar-refractivity contribution in [3.63, 3.8) is 0 Å². The molecule has 7 nitrogen and oxygen atoms in total. The number of rotatable bonds is 10. The molecule has 0 atom stereocenters. The van der Waals surface area contributed by atoms with Crippen molar-refractivity contribution < 1.29 is 13.2 Å². The summed E-state index contributed by atoms with van der Waals surface area (Å²) in [6.45, 7) is 5.66. The normalized spacial score (nSPS) is 11.4. The molecular formula is C16H27IN4O3S. The number of sulfonamides is 1. The van der Waals surface area contributed by atoms with Gasteiger partial charge in [-0.25, -0.2) is 13.1 Å². The zero-order valence-corrected chi connectivity index (χ0v) is 17.8. The molecule has 142 valence electrons. The van der Waals surface area contributed by atoms with Gasteiger partial charge in [-0.05, 0) is 12.5 Å². The van der Waals surface area contributed by atoms with Crippen LogP contribution in [0.2, 0.25) is 0 Å². The van der Waals surface area contributed by atoms with Crippen LogP contribution in [0.15, 0.2) is 41.9 Å². The van der Waals surface area contributed by atoms with E-state index in [9.17, 15) is 8.42 Å². The molecule has 0 aliphatic carbocycles. The molecule has 1 rings (SSSR count). The lowest BCUT2D eigenvalue weighted by Gasteiger charge is -2.14. The van der Waals surface area contributed by atoms with Gasteiger partial charge in [-0.2, -0.15) is 0 Å². The molecule has 0 saturated heterocycles. The number of hydrogen-bond donors (Lipinski definition) is 3. The van der Waals surface area contributed by atoms with E-state index in [1.54, 1.807) is 13.1 Å². The molecule has 3 N–H and O–H groups in total. The van der Waals surface area contributed by atoms with Crippen LogP contribution in [0, 0.1) is 0 Å². The number of nitrogens with zero attached hydrogens (tertiary/aromatic N) is 1. The Kier molecular flexibility index (Phi) is 12.3. The summed E-state index contributed by atoms with van der Waals surface area (Å²) >= 11 is 0. The maximum Gasteiger partial charge on any atom is 0.208 e. The van der Waals surface area contributed by atoms with Gasteiger partial charge in [0.1, 0.15) is 12.4 Å². The van der Waals surface area contributed by atoms with Crippen LogP contribution in [0.4, 0.5) is 0 Å². The first kappa shape index (κ1) is 23.7. The number of nitrogens with one attached hydrogen (secondary N) is 3. The number of benzene rings is 1. The molecule has 0 saturated carbocycles. The van der Waals surface area contributed by atoms with Crippen LogP contribution in [0.1, 0.15) is 12.0 Å². The molecule has 1 aromatic carbocycles. The van der Waals surface area contributed by atoms with E-state index in [1.165, 1.54) is 0 Å². The average Bonchev–Trinajstić information content (AvgIpc) is 2.55. The molecular weight excluding hydrogens is 455 g/mol. The lowest BCUT2D eigenvalue weighted by Crippen LogP contribution is -2.38. The van der Waals surface area contributed by atoms with Crippen LogP contribution < -0.4 is 20.1 Å². The minimum atomic E-state index is -3.13. The molecule has 0 spiro atoms. The summed E-state index contributed by atoms with van der Waals surface area (Å²) in [5, 5.41) is 6.34. The van der Waals surface area contributed by atoms with E-state index < -0.39 is 10.0 Å². The summed E-state index contributed by atoms with van der Waals surface area (Å²) < 4.78 is 30.0. The van der Waals surface area contributed by atoms with Gasteiger partial charge in [-0.1, -0.05) is 30.9 Å². The van der Waals surface area contributed by atoms with Crippen molar-refractivity contribution in [2.75, 3.05) is 33.0 Å². The van der Waals surface area contributed by atoms with Crippen LogP contribution in [-0.2, 0) is 16.6 Å². The molecule has 0 fully saturated rings. The second-order valence-corrected chi connectivity index (χ2v) is 6.91. The molecule has 0 aliphatic heterocycles. The lowest BCUT2D eigenvalue weighted by molar-refractivity contribution is 0.358. The Morgan fingerprint density at radius 3 is 2.64 bits per heavy atom. The van der Waals surface area contributed by atoms with Gasteiger partial charge in [0.2, 0.25) is 10.0 Å². The van der Waals surface area contributed by atoms with E-state index >= 15 is 0 Å². The van der Waals surface area contributed by atoms with E-state index in [0.29, 0.717) is 38.6 Å². The summed E-state index contributed by atoms with van der Waals surface area (Å²) in [4.78, 5) is 4.14. The predicted molar refractivity (Wildman–Crippen MR) is 113 cm³/mol. The van der Waals surface area contributed by atoms with Gasteiger partial charge in [0.25, 0.3) is 0 Å². The molecule has 0 radical (unpaired) electrons. The second kappa shape index (κ2) is 13.0. The summed E-state index contributed by atoms with van der Waals surface area (Å²) in [5.74, 6) is 1.45. The van der Waals surface area contributed by atoms with E-state index in [-0.39, 0.29) is 24.0 Å². The minimum absolute atomic E-state index is 0. The number of halogens is 1. The van der Waals surface area contributed by atoms with Gasteiger partial charge < -0.3 is 15.4 Å². The number of ether oxygens (including phenoxy) is 1. The molecule has 0 aliphatic rings. The Labute approximate surface area is 167 Å². The van der Waals surface area contributed by atoms with Crippen LogP contribution in [0.3, 0.4) is 0 Å². The Morgan fingerprint density at radius 2 is 2.00 bits per heavy atom. The largest absolute Gasteiger partial charge is 0.489 e. The van der Waals surface area contributed by atoms with E-state index in [4.69, 9.17) is 4.74 Å². The van der Waals surface area contributed by atoms with E-state index in [2.05, 4.69) is 26.9 Å². The Bertz CT molecular complexity index is 651. The van der Waals surface area contributed by atoms with Gasteiger partial charge in [-0.3, -0.25) is 4.99 Å². The summed E-state index contributed by atoms with van der Waals surface area (Å²) in [5.41, 5.74) is 1.01. The van der Waals surface area contributed by atoms with Gasteiger partial charge in [0.15, 0.2) is 5.96 Å². The third-order valence-corrected chi connectivity index (χ3v) is 3.74. The zero-order valence-electron chi connectivity index (χ0n) is 14.6. The average molecular weight is 482 g/mol. The van der Waals surface area contributed by atoms with E-state index in [0.717, 1.165) is 17.6 Å². The number of para-hydroxylation sites is 1. The molecule has 1 aromatic rings. The van der Waals surface area contributed by atoms with Crippen molar-refractivity contribution in [2.24, 2.45) is 4.99 Å². The fourth-order valence-electron chi connectivity index (χ4n) is 1.89. The van der Waals surface area contributed by atoms with Crippen molar-refractivity contribution in [3.8, 4) is 5.75 Å². The van der Waals surface area contributed by atoms with Crippen LogP contribution in [0.5, 0.6) is 5.75 Å². The molecule has 0 amide bonds. The van der Waals surface area contributed by atoms with Gasteiger partial charge in [0, 0.05) is 32.2 Å². The third kappa shape index (κ3) is 11.0. The standard InChI is InChI=1S/C16H26N4O3S.HI/c1-4-12-23-15-9-6-5-8-14(15)13-19-16(17-2)18-10-7-11-20-24(3,21)22;/h4-6,8-9,20H,1,7,10-13H2,2-3H3,(H2,17,18,19);1H. The smallest absolute Gasteiger partial charge is 0.208 e. The quantitative estimate of drug-likeness (QED) is 0.155. The SMILES string of the molecule is C=CCOc1ccccc1CNC(=NC)NCCCNS(C)(=O)=O.I. The van der Waals surface area contributed by atoms with Crippen molar-refractivity contribution in [2.45, 2.75) is 13.0 Å². The first-order valence-electron chi connectivity index (χ1n) is 7.67. The van der Waals surface area contributed by atoms with Crippen molar-refractivity contribution >= 4 is 40.0 Å². The maximum atomic E-state index is 11.0. The lowest BCUT2D eigenvalue weighted by atomic mass is 10.2. The van der Waals surface area contributed by atoms with Crippen molar-refractivity contribution in [1.82, 2.24) is 15.4 Å². The first-order chi connectivity index (χ1) is 11.5. The highest BCUT2D eigenvalue weighted by molar-refractivity contribution is 14.0. The highest BCUT2D eigenvalue weighted by Crippen LogP contribution is 2.17. The van der Waals surface area contributed by atoms with E-state index in [1.807, 2.05) is 24.3 Å². The summed E-state index contributed by atoms with van der Waals surface area (Å²) in [7, 11) is -1.45. The molecule has 0 aromatic heterocycles. The molecule has 0 bridgehead atoms. The Hall–Kier alpha value is -1.33. The van der Waals surface area contributed by atoms with Gasteiger partial charge in [-0.15, -0.1) is 24.0 Å². The summed E-state index contributed by atoms with van der Waals surface area (Å²) in [6, 6.07) is 7.76. The molecule has 0 unspecified atom stereocenters. The number of guanidine groups is 1. The summed E-state index contributed by atoms with van der Waals surface area (Å²) in [6.07, 6.45) is 3.51. The van der Waals surface area contributed by atoms with Gasteiger partial charge in [0.05, 0.1) is 6.26 Å². The minimum Gasteiger partial charge on any atom is -0.489 e. The monoisotopic (exact) mass is 482 g/mol. The molecule has 0 heterocycles. The highest BCUT2D eigenvalue weighted by atomic mass is 127. The number of aliphatic imine (C=N–C) groups is 1. The molecule has 25 heavy (non-hydrogen) atoms. The van der Waals surface area contributed by atoms with Crippen LogP contribution in [0.25, 0.3) is 0 Å². The predicted octanol–water partition coefficient (Wildman–Crippen LogP) is 1.47. The second-order valence-electron chi connectivity index (χ2n) is 5.08. The molecule has 9 heteroatoms. The highest BCUT2D eigenvalue weighted by Gasteiger charge is 2.04. The van der Waals surface area contributed by atoms with Crippen molar-refractivity contribution in [3.05, 3.63) is 42.5 Å². The zero-order chi connectivity index (χ0) is 17.8. The first-order valence-corrected chi connectivity index (χ1v) is 9.56. The fourth-order valence-corrected chi connectivity index (χ4v) is 2.41. The Balaban J connectivity index is 0.00000576. The Morgan fingerprint density at radius 1 is 1.28 bits per heavy atom. The van der Waals surface area contributed by atoms with Gasteiger partial charge >= 0.3 is 0 Å². The topological polar surface area (TPSA) is 91.8 Å². The van der Waals surface area contributed by atoms with Crippen molar-refractivity contribution in [1.29, 1.82) is 0 Å². The maximum absolute atomic E-state index is 11.0. The number of hydrogen-bond acceptors (Lipinski definition) is 4.